The normalized spacial score (nSPS) is 20.4. The van der Waals surface area contributed by atoms with Crippen LogP contribution in [0.3, 0.4) is 0 Å². The molecule has 1 aliphatic rings. The first-order chi connectivity index (χ1) is 12.1. The van der Waals surface area contributed by atoms with Gasteiger partial charge in [-0.1, -0.05) is 12.1 Å². The van der Waals surface area contributed by atoms with Crippen LogP contribution in [0.5, 0.6) is 5.88 Å². The highest BCUT2D eigenvalue weighted by molar-refractivity contribution is 5.84. The third kappa shape index (κ3) is 4.05. The summed E-state index contributed by atoms with van der Waals surface area (Å²) < 4.78 is 5.66. The van der Waals surface area contributed by atoms with Crippen LogP contribution in [0.4, 0.5) is 0 Å². The number of likely N-dealkylation sites (tertiary alicyclic amines) is 1. The van der Waals surface area contributed by atoms with Crippen molar-refractivity contribution in [2.75, 3.05) is 46.9 Å². The summed E-state index contributed by atoms with van der Waals surface area (Å²) >= 11 is 0. The maximum Gasteiger partial charge on any atom is 0.260 e. The SMILES string of the molecule is CN(C)C[C@@H]1CN(C(=O)COc2ncnc3ccccc23)C[C@@H]1CO. The molecule has 7 nitrogen and oxygen atoms in total. The highest BCUT2D eigenvalue weighted by Gasteiger charge is 2.35. The van der Waals surface area contributed by atoms with E-state index in [1.54, 1.807) is 4.90 Å². The maximum absolute atomic E-state index is 12.5. The number of para-hydroxylation sites is 1. The summed E-state index contributed by atoms with van der Waals surface area (Å²) in [6, 6.07) is 7.54. The number of nitrogens with zero attached hydrogens (tertiary/aromatic N) is 4. The van der Waals surface area contributed by atoms with E-state index in [1.165, 1.54) is 6.33 Å². The van der Waals surface area contributed by atoms with E-state index < -0.39 is 0 Å². The highest BCUT2D eigenvalue weighted by atomic mass is 16.5. The summed E-state index contributed by atoms with van der Waals surface area (Å²) in [6.45, 7) is 2.11. The van der Waals surface area contributed by atoms with E-state index in [-0.39, 0.29) is 31.0 Å². The zero-order chi connectivity index (χ0) is 17.8. The number of amides is 1. The fourth-order valence-corrected chi connectivity index (χ4v) is 3.34. The molecular formula is C18H24N4O3. The van der Waals surface area contributed by atoms with E-state index in [0.717, 1.165) is 17.4 Å². The number of aliphatic hydroxyl groups is 1. The molecule has 0 bridgehead atoms. The summed E-state index contributed by atoms with van der Waals surface area (Å²) in [7, 11) is 4.00. The number of fused-ring (bicyclic) bond motifs is 1. The Balaban J connectivity index is 1.63. The van der Waals surface area contributed by atoms with Gasteiger partial charge in [-0.3, -0.25) is 4.79 Å². The number of ether oxygens (including phenoxy) is 1. The van der Waals surface area contributed by atoms with Gasteiger partial charge in [0.2, 0.25) is 5.88 Å². The molecule has 25 heavy (non-hydrogen) atoms. The van der Waals surface area contributed by atoms with E-state index in [1.807, 2.05) is 38.4 Å². The Kier molecular flexibility index (Phi) is 5.45. The molecule has 1 aromatic carbocycles. The minimum atomic E-state index is -0.0811. The Morgan fingerprint density at radius 3 is 2.80 bits per heavy atom. The molecule has 1 aliphatic heterocycles. The lowest BCUT2D eigenvalue weighted by molar-refractivity contribution is -0.132. The fraction of sp³-hybridized carbons (Fsp3) is 0.500. The molecule has 0 radical (unpaired) electrons. The van der Waals surface area contributed by atoms with E-state index in [0.29, 0.717) is 19.0 Å². The molecule has 0 saturated carbocycles. The van der Waals surface area contributed by atoms with Crippen LogP contribution in [-0.4, -0.2) is 77.7 Å². The Morgan fingerprint density at radius 1 is 1.28 bits per heavy atom. The van der Waals surface area contributed by atoms with Gasteiger partial charge in [-0.15, -0.1) is 0 Å². The van der Waals surface area contributed by atoms with Gasteiger partial charge in [0, 0.05) is 32.2 Å². The van der Waals surface area contributed by atoms with Crippen molar-refractivity contribution in [1.82, 2.24) is 19.8 Å². The monoisotopic (exact) mass is 344 g/mol. The van der Waals surface area contributed by atoms with Gasteiger partial charge >= 0.3 is 0 Å². The molecule has 0 aliphatic carbocycles. The molecule has 2 heterocycles. The number of aromatic nitrogens is 2. The third-order valence-corrected chi connectivity index (χ3v) is 4.60. The van der Waals surface area contributed by atoms with Crippen molar-refractivity contribution in [3.8, 4) is 5.88 Å². The van der Waals surface area contributed by atoms with Gasteiger partial charge < -0.3 is 19.6 Å². The smallest absolute Gasteiger partial charge is 0.260 e. The summed E-state index contributed by atoms with van der Waals surface area (Å²) in [4.78, 5) is 24.7. The largest absolute Gasteiger partial charge is 0.467 e. The van der Waals surface area contributed by atoms with Crippen LogP contribution in [0, 0.1) is 11.8 Å². The lowest BCUT2D eigenvalue weighted by atomic mass is 9.97. The van der Waals surface area contributed by atoms with Crippen LogP contribution in [0.2, 0.25) is 0 Å². The van der Waals surface area contributed by atoms with E-state index in [4.69, 9.17) is 4.74 Å². The van der Waals surface area contributed by atoms with Gasteiger partial charge in [0.1, 0.15) is 6.33 Å². The van der Waals surface area contributed by atoms with Gasteiger partial charge in [-0.05, 0) is 32.1 Å². The summed E-state index contributed by atoms with van der Waals surface area (Å²) in [5.74, 6) is 0.735. The predicted molar refractivity (Wildman–Crippen MR) is 94.2 cm³/mol. The molecule has 0 spiro atoms. The van der Waals surface area contributed by atoms with Gasteiger partial charge in [0.15, 0.2) is 6.61 Å². The van der Waals surface area contributed by atoms with Crippen molar-refractivity contribution in [3.63, 3.8) is 0 Å². The zero-order valence-electron chi connectivity index (χ0n) is 14.6. The highest BCUT2D eigenvalue weighted by Crippen LogP contribution is 2.24. The Labute approximate surface area is 147 Å². The van der Waals surface area contributed by atoms with Crippen LogP contribution in [0.25, 0.3) is 10.9 Å². The first kappa shape index (κ1) is 17.6. The quantitative estimate of drug-likeness (QED) is 0.828. The summed E-state index contributed by atoms with van der Waals surface area (Å²) in [5.41, 5.74) is 0.785. The summed E-state index contributed by atoms with van der Waals surface area (Å²) in [6.07, 6.45) is 1.44. The zero-order valence-corrected chi connectivity index (χ0v) is 14.6. The minimum absolute atomic E-state index is 0.0617. The van der Waals surface area contributed by atoms with E-state index in [9.17, 15) is 9.90 Å². The van der Waals surface area contributed by atoms with Crippen molar-refractivity contribution >= 4 is 16.8 Å². The molecule has 134 valence electrons. The van der Waals surface area contributed by atoms with Crippen molar-refractivity contribution in [3.05, 3.63) is 30.6 Å². The minimum Gasteiger partial charge on any atom is -0.467 e. The second-order valence-corrected chi connectivity index (χ2v) is 6.75. The third-order valence-electron chi connectivity index (χ3n) is 4.60. The van der Waals surface area contributed by atoms with Gasteiger partial charge in [0.25, 0.3) is 5.91 Å². The molecule has 0 unspecified atom stereocenters. The number of carbonyl (C=O) groups is 1. The molecular weight excluding hydrogens is 320 g/mol. The number of hydrogen-bond acceptors (Lipinski definition) is 6. The Bertz CT molecular complexity index is 732. The van der Waals surface area contributed by atoms with Crippen molar-refractivity contribution in [2.24, 2.45) is 11.8 Å². The second kappa shape index (κ2) is 7.76. The van der Waals surface area contributed by atoms with Crippen LogP contribution in [-0.2, 0) is 4.79 Å². The molecule has 1 fully saturated rings. The van der Waals surface area contributed by atoms with Gasteiger partial charge in [0.05, 0.1) is 10.9 Å². The molecule has 1 saturated heterocycles. The van der Waals surface area contributed by atoms with Crippen LogP contribution in [0.1, 0.15) is 0 Å². The maximum atomic E-state index is 12.5. The molecule has 1 N–H and O–H groups in total. The average Bonchev–Trinajstić information content (AvgIpc) is 3.01. The van der Waals surface area contributed by atoms with Crippen molar-refractivity contribution in [2.45, 2.75) is 0 Å². The average molecular weight is 344 g/mol. The van der Waals surface area contributed by atoms with Crippen LogP contribution >= 0.6 is 0 Å². The van der Waals surface area contributed by atoms with Crippen LogP contribution < -0.4 is 4.74 Å². The molecule has 2 aromatic rings. The molecule has 1 aromatic heterocycles. The van der Waals surface area contributed by atoms with Gasteiger partial charge in [-0.25, -0.2) is 9.97 Å². The van der Waals surface area contributed by atoms with Crippen molar-refractivity contribution in [1.29, 1.82) is 0 Å². The Morgan fingerprint density at radius 2 is 2.04 bits per heavy atom. The second-order valence-electron chi connectivity index (χ2n) is 6.75. The predicted octanol–water partition coefficient (Wildman–Crippen LogP) is 0.637. The first-order valence-corrected chi connectivity index (χ1v) is 8.44. The molecule has 1 amide bonds. The number of aliphatic hydroxyl groups excluding tert-OH is 1. The number of hydrogen-bond donors (Lipinski definition) is 1. The lowest BCUT2D eigenvalue weighted by Gasteiger charge is -2.20. The molecule has 2 atom stereocenters. The van der Waals surface area contributed by atoms with Crippen molar-refractivity contribution < 1.29 is 14.6 Å². The number of carbonyl (C=O) groups excluding carboxylic acids is 1. The molecule has 3 rings (SSSR count). The van der Waals surface area contributed by atoms with Crippen LogP contribution in [0.15, 0.2) is 30.6 Å². The lowest BCUT2D eigenvalue weighted by Crippen LogP contribution is -2.34. The number of rotatable bonds is 6. The van der Waals surface area contributed by atoms with Gasteiger partial charge in [-0.2, -0.15) is 0 Å². The molecule has 7 heteroatoms. The van der Waals surface area contributed by atoms with E-state index >= 15 is 0 Å². The Hall–Kier alpha value is -2.25. The number of benzene rings is 1. The standard InChI is InChI=1S/C18H24N4O3/c1-21(2)7-13-8-22(9-14(13)10-23)17(24)11-25-18-15-5-3-4-6-16(15)19-12-20-18/h3-6,12-14,23H,7-11H2,1-2H3/t13-,14-/m1/s1. The first-order valence-electron chi connectivity index (χ1n) is 8.44. The fourth-order valence-electron chi connectivity index (χ4n) is 3.34. The van der Waals surface area contributed by atoms with E-state index in [2.05, 4.69) is 14.9 Å². The topological polar surface area (TPSA) is 78.8 Å². The summed E-state index contributed by atoms with van der Waals surface area (Å²) in [5, 5.41) is 10.4.